The van der Waals surface area contributed by atoms with E-state index in [4.69, 9.17) is 14.2 Å². The molecule has 9 heteroatoms. The van der Waals surface area contributed by atoms with Crippen LogP contribution in [-0.4, -0.2) is 58.2 Å². The maximum absolute atomic E-state index is 14.1. The van der Waals surface area contributed by atoms with Crippen LogP contribution in [-0.2, 0) is 19.5 Å². The number of rotatable bonds is 7. The summed E-state index contributed by atoms with van der Waals surface area (Å²) in [6.45, 7) is 2.89. The zero-order valence-corrected chi connectivity index (χ0v) is 16.8. The number of aryl methyl sites for hydroxylation is 1. The normalized spacial score (nSPS) is 15.1. The van der Waals surface area contributed by atoms with Crippen molar-refractivity contribution in [3.05, 3.63) is 59.4 Å². The molecule has 0 bridgehead atoms. The Morgan fingerprint density at radius 2 is 1.90 bits per heavy atom. The maximum atomic E-state index is 14.1. The molecule has 0 amide bonds. The minimum Gasteiger partial charge on any atom is -0.490 e. The van der Waals surface area contributed by atoms with Gasteiger partial charge in [0, 0.05) is 13.1 Å². The second kappa shape index (κ2) is 9.34. The van der Waals surface area contributed by atoms with Crippen molar-refractivity contribution in [2.24, 2.45) is 0 Å². The fourth-order valence-corrected chi connectivity index (χ4v) is 4.27. The van der Waals surface area contributed by atoms with Gasteiger partial charge in [0.2, 0.25) is 10.0 Å². The zero-order chi connectivity index (χ0) is 20.9. The van der Waals surface area contributed by atoms with Crippen LogP contribution in [0, 0.1) is 12.7 Å². The largest absolute Gasteiger partial charge is 0.490 e. The predicted octanol–water partition coefficient (Wildman–Crippen LogP) is 2.39. The second-order valence-electron chi connectivity index (χ2n) is 6.46. The van der Waals surface area contributed by atoms with Gasteiger partial charge in [0.05, 0.1) is 23.7 Å². The fraction of sp³-hybridized carbons (Fsp3) is 0.350. The zero-order valence-electron chi connectivity index (χ0n) is 16.0. The summed E-state index contributed by atoms with van der Waals surface area (Å²) in [6, 6.07) is 10.5. The van der Waals surface area contributed by atoms with Crippen LogP contribution in [0.15, 0.2) is 47.4 Å². The summed E-state index contributed by atoms with van der Waals surface area (Å²) in [5, 5.41) is 0. The Bertz CT molecular complexity index is 973. The standard InChI is InChI=1S/C20H22FNO6S/c1-15-3-2-4-16(13-15)27-11-12-28-20(23)18-14-17(5-6-19(18)21)29(24,25)22-7-9-26-10-8-22/h2-6,13-14H,7-12H2,1H3. The van der Waals surface area contributed by atoms with Crippen LogP contribution in [0.25, 0.3) is 0 Å². The lowest BCUT2D eigenvalue weighted by atomic mass is 10.2. The van der Waals surface area contributed by atoms with Gasteiger partial charge in [-0.25, -0.2) is 17.6 Å². The molecule has 0 spiro atoms. The molecule has 0 aliphatic carbocycles. The summed E-state index contributed by atoms with van der Waals surface area (Å²) in [7, 11) is -3.85. The molecule has 1 aliphatic heterocycles. The van der Waals surface area contributed by atoms with Gasteiger partial charge in [0.1, 0.15) is 24.8 Å². The summed E-state index contributed by atoms with van der Waals surface area (Å²) < 4.78 is 56.4. The molecule has 1 aliphatic rings. The van der Waals surface area contributed by atoms with Crippen molar-refractivity contribution in [2.75, 3.05) is 39.5 Å². The van der Waals surface area contributed by atoms with E-state index in [-0.39, 0.29) is 44.4 Å². The average molecular weight is 423 g/mol. The summed E-state index contributed by atoms with van der Waals surface area (Å²) in [4.78, 5) is 12.1. The average Bonchev–Trinajstić information content (AvgIpc) is 2.72. The molecule has 7 nitrogen and oxygen atoms in total. The van der Waals surface area contributed by atoms with E-state index in [0.29, 0.717) is 5.75 Å². The first-order chi connectivity index (χ1) is 13.9. The number of carbonyl (C=O) groups excluding carboxylic acids is 1. The predicted molar refractivity (Wildman–Crippen MR) is 103 cm³/mol. The van der Waals surface area contributed by atoms with Crippen molar-refractivity contribution < 1.29 is 31.8 Å². The van der Waals surface area contributed by atoms with Gasteiger partial charge in [-0.1, -0.05) is 12.1 Å². The monoisotopic (exact) mass is 423 g/mol. The Kier molecular flexibility index (Phi) is 6.83. The number of nitrogens with zero attached hydrogens (tertiary/aromatic N) is 1. The molecule has 2 aromatic rings. The van der Waals surface area contributed by atoms with Crippen molar-refractivity contribution in [2.45, 2.75) is 11.8 Å². The highest BCUT2D eigenvalue weighted by molar-refractivity contribution is 7.89. The molecule has 0 unspecified atom stereocenters. The van der Waals surface area contributed by atoms with Gasteiger partial charge in [0.15, 0.2) is 0 Å². The number of ether oxygens (including phenoxy) is 3. The van der Waals surface area contributed by atoms with E-state index >= 15 is 0 Å². The van der Waals surface area contributed by atoms with Crippen LogP contribution in [0.4, 0.5) is 4.39 Å². The minimum absolute atomic E-state index is 0.0859. The number of hydrogen-bond donors (Lipinski definition) is 0. The van der Waals surface area contributed by atoms with Crippen LogP contribution in [0.2, 0.25) is 0 Å². The third-order valence-electron chi connectivity index (χ3n) is 4.34. The molecule has 0 saturated carbocycles. The Balaban J connectivity index is 1.63. The van der Waals surface area contributed by atoms with Crippen LogP contribution in [0.1, 0.15) is 15.9 Å². The van der Waals surface area contributed by atoms with Crippen LogP contribution in [0.3, 0.4) is 0 Å². The van der Waals surface area contributed by atoms with Crippen LogP contribution >= 0.6 is 0 Å². The molecule has 1 fully saturated rings. The second-order valence-corrected chi connectivity index (χ2v) is 8.40. The molecule has 1 heterocycles. The van der Waals surface area contributed by atoms with Gasteiger partial charge in [-0.05, 0) is 42.8 Å². The van der Waals surface area contributed by atoms with Gasteiger partial charge >= 0.3 is 5.97 Å². The van der Waals surface area contributed by atoms with Gasteiger partial charge in [0.25, 0.3) is 0 Å². The Morgan fingerprint density at radius 3 is 2.62 bits per heavy atom. The molecule has 2 aromatic carbocycles. The van der Waals surface area contributed by atoms with E-state index in [1.54, 1.807) is 6.07 Å². The summed E-state index contributed by atoms with van der Waals surface area (Å²) in [5.41, 5.74) is 0.592. The number of carbonyl (C=O) groups is 1. The number of morpholine rings is 1. The Labute approximate surface area is 169 Å². The van der Waals surface area contributed by atoms with Gasteiger partial charge in [-0.2, -0.15) is 4.31 Å². The smallest absolute Gasteiger partial charge is 0.341 e. The lowest BCUT2D eigenvalue weighted by Crippen LogP contribution is -2.40. The van der Waals surface area contributed by atoms with E-state index in [2.05, 4.69) is 0 Å². The first-order valence-corrected chi connectivity index (χ1v) is 10.6. The quantitative estimate of drug-likeness (QED) is 0.502. The maximum Gasteiger partial charge on any atom is 0.341 e. The molecular weight excluding hydrogens is 401 g/mol. The minimum atomic E-state index is -3.85. The first-order valence-electron chi connectivity index (χ1n) is 9.12. The molecule has 0 aromatic heterocycles. The van der Waals surface area contributed by atoms with Crippen molar-refractivity contribution in [1.29, 1.82) is 0 Å². The van der Waals surface area contributed by atoms with Crippen molar-refractivity contribution in [3.63, 3.8) is 0 Å². The molecular formula is C20H22FNO6S. The fourth-order valence-electron chi connectivity index (χ4n) is 2.83. The number of esters is 1. The number of sulfonamides is 1. The molecule has 29 heavy (non-hydrogen) atoms. The van der Waals surface area contributed by atoms with Crippen molar-refractivity contribution in [1.82, 2.24) is 4.31 Å². The first kappa shape index (κ1) is 21.2. The van der Waals surface area contributed by atoms with E-state index in [9.17, 15) is 17.6 Å². The van der Waals surface area contributed by atoms with Crippen molar-refractivity contribution in [3.8, 4) is 5.75 Å². The Morgan fingerprint density at radius 1 is 1.14 bits per heavy atom. The lowest BCUT2D eigenvalue weighted by Gasteiger charge is -2.26. The Hall–Kier alpha value is -2.49. The van der Waals surface area contributed by atoms with Gasteiger partial charge in [-0.3, -0.25) is 0 Å². The van der Waals surface area contributed by atoms with E-state index in [0.717, 1.165) is 23.8 Å². The molecule has 1 saturated heterocycles. The third-order valence-corrected chi connectivity index (χ3v) is 6.23. The number of hydrogen-bond acceptors (Lipinski definition) is 6. The van der Waals surface area contributed by atoms with E-state index < -0.39 is 27.4 Å². The summed E-state index contributed by atoms with van der Waals surface area (Å²) in [5.74, 6) is -1.17. The van der Waals surface area contributed by atoms with Crippen LogP contribution < -0.4 is 4.74 Å². The highest BCUT2D eigenvalue weighted by atomic mass is 32.2. The highest BCUT2D eigenvalue weighted by Gasteiger charge is 2.28. The van der Waals surface area contributed by atoms with Crippen molar-refractivity contribution >= 4 is 16.0 Å². The lowest BCUT2D eigenvalue weighted by molar-refractivity contribution is 0.0444. The molecule has 0 radical (unpaired) electrons. The topological polar surface area (TPSA) is 82.1 Å². The molecule has 3 rings (SSSR count). The van der Waals surface area contributed by atoms with Crippen LogP contribution in [0.5, 0.6) is 5.75 Å². The van der Waals surface area contributed by atoms with Gasteiger partial charge in [-0.15, -0.1) is 0 Å². The SMILES string of the molecule is Cc1cccc(OCCOC(=O)c2cc(S(=O)(=O)N3CCOCC3)ccc2F)c1. The highest BCUT2D eigenvalue weighted by Crippen LogP contribution is 2.21. The molecule has 156 valence electrons. The molecule has 0 atom stereocenters. The summed E-state index contributed by atoms with van der Waals surface area (Å²) in [6.07, 6.45) is 0. The molecule has 0 N–H and O–H groups in total. The van der Waals surface area contributed by atoms with E-state index in [1.807, 2.05) is 25.1 Å². The van der Waals surface area contributed by atoms with E-state index in [1.165, 1.54) is 4.31 Å². The third kappa shape index (κ3) is 5.31. The number of halogens is 1. The van der Waals surface area contributed by atoms with Gasteiger partial charge < -0.3 is 14.2 Å². The number of benzene rings is 2. The summed E-state index contributed by atoms with van der Waals surface area (Å²) >= 11 is 0.